The van der Waals surface area contributed by atoms with Crippen molar-refractivity contribution in [1.29, 1.82) is 0 Å². The molecular formula is C25H46NO5+. The monoisotopic (exact) mass is 440 g/mol. The van der Waals surface area contributed by atoms with E-state index < -0.39 is 18.0 Å². The van der Waals surface area contributed by atoms with Crippen molar-refractivity contribution in [2.45, 2.75) is 89.6 Å². The van der Waals surface area contributed by atoms with Gasteiger partial charge < -0.3 is 19.4 Å². The first-order chi connectivity index (χ1) is 14.7. The van der Waals surface area contributed by atoms with E-state index in [2.05, 4.69) is 6.08 Å². The van der Waals surface area contributed by atoms with Crippen LogP contribution in [0, 0.1) is 0 Å². The first-order valence-corrected chi connectivity index (χ1v) is 11.9. The topological polar surface area (TPSA) is 83.8 Å². The zero-order valence-electron chi connectivity index (χ0n) is 20.1. The molecule has 2 N–H and O–H groups in total. The van der Waals surface area contributed by atoms with Gasteiger partial charge in [0.05, 0.1) is 27.6 Å². The average molecular weight is 441 g/mol. The lowest BCUT2D eigenvalue weighted by molar-refractivity contribution is -0.873. The second-order valence-corrected chi connectivity index (χ2v) is 9.32. The van der Waals surface area contributed by atoms with Gasteiger partial charge in [0.2, 0.25) is 0 Å². The number of allylic oxidation sites excluding steroid dienone is 3. The summed E-state index contributed by atoms with van der Waals surface area (Å²) in [7, 11) is 5.80. The Bertz CT molecular complexity index is 522. The molecule has 31 heavy (non-hydrogen) atoms. The van der Waals surface area contributed by atoms with Gasteiger partial charge in [-0.05, 0) is 19.3 Å². The number of aliphatic hydroxyl groups is 1. The van der Waals surface area contributed by atoms with Gasteiger partial charge in [-0.3, -0.25) is 4.79 Å². The summed E-state index contributed by atoms with van der Waals surface area (Å²) in [5, 5.41) is 17.7. The summed E-state index contributed by atoms with van der Waals surface area (Å²) in [6, 6.07) is 0. The van der Waals surface area contributed by atoms with Crippen molar-refractivity contribution < 1.29 is 29.0 Å². The third-order valence-corrected chi connectivity index (χ3v) is 4.94. The second-order valence-electron chi connectivity index (χ2n) is 9.32. The molecule has 0 aliphatic carbocycles. The molecule has 0 spiro atoms. The maximum atomic E-state index is 11.9. The molecule has 0 saturated carbocycles. The van der Waals surface area contributed by atoms with Gasteiger partial charge in [0, 0.05) is 12.7 Å². The molecule has 0 aromatic rings. The largest absolute Gasteiger partial charge is 0.481 e. The summed E-state index contributed by atoms with van der Waals surface area (Å²) in [5.74, 6) is -1.47. The highest BCUT2D eigenvalue weighted by atomic mass is 16.5. The van der Waals surface area contributed by atoms with E-state index in [-0.39, 0.29) is 6.42 Å². The zero-order valence-corrected chi connectivity index (χ0v) is 20.1. The standard InChI is InChI=1S/C25H45NO5/c1-26(2,3)22-23(21-24(28)29)31-25(30)19-17-15-13-11-9-7-5-4-6-8-10-12-14-16-18-20-27/h13,15,17,19,23,27H,4-12,14,16,18,20-22H2,1-3H3/p+1. The van der Waals surface area contributed by atoms with Crippen LogP contribution in [-0.2, 0) is 14.3 Å². The molecule has 1 unspecified atom stereocenters. The predicted octanol–water partition coefficient (Wildman–Crippen LogP) is 4.87. The van der Waals surface area contributed by atoms with E-state index in [1.165, 1.54) is 57.4 Å². The van der Waals surface area contributed by atoms with Crippen LogP contribution in [0.1, 0.15) is 83.5 Å². The number of quaternary nitrogens is 1. The highest BCUT2D eigenvalue weighted by molar-refractivity contribution is 5.82. The number of ether oxygens (including phenoxy) is 1. The van der Waals surface area contributed by atoms with Gasteiger partial charge >= 0.3 is 11.9 Å². The van der Waals surface area contributed by atoms with Crippen LogP contribution < -0.4 is 0 Å². The normalized spacial score (nSPS) is 13.2. The van der Waals surface area contributed by atoms with Crippen molar-refractivity contribution in [3.05, 3.63) is 24.3 Å². The molecule has 0 aromatic heterocycles. The van der Waals surface area contributed by atoms with Crippen molar-refractivity contribution in [2.75, 3.05) is 34.3 Å². The summed E-state index contributed by atoms with van der Waals surface area (Å²) in [6.45, 7) is 0.774. The highest BCUT2D eigenvalue weighted by Gasteiger charge is 2.23. The lowest BCUT2D eigenvalue weighted by Gasteiger charge is -2.28. The number of esters is 1. The van der Waals surface area contributed by atoms with E-state index in [9.17, 15) is 9.59 Å². The minimum absolute atomic E-state index is 0.185. The Labute approximate surface area is 189 Å². The minimum atomic E-state index is -0.968. The molecule has 0 amide bonds. The zero-order chi connectivity index (χ0) is 23.4. The molecule has 6 nitrogen and oxygen atoms in total. The lowest BCUT2D eigenvalue weighted by Crippen LogP contribution is -2.43. The predicted molar refractivity (Wildman–Crippen MR) is 126 cm³/mol. The molecule has 0 radical (unpaired) electrons. The number of likely N-dealkylation sites (N-methyl/N-ethyl adjacent to an activating group) is 1. The van der Waals surface area contributed by atoms with E-state index in [1.807, 2.05) is 27.2 Å². The number of carboxylic acid groups (broad SMARTS) is 1. The molecule has 0 saturated heterocycles. The van der Waals surface area contributed by atoms with Gasteiger partial charge in [-0.2, -0.15) is 0 Å². The van der Waals surface area contributed by atoms with E-state index in [0.717, 1.165) is 25.7 Å². The van der Waals surface area contributed by atoms with E-state index >= 15 is 0 Å². The lowest BCUT2D eigenvalue weighted by atomic mass is 10.1. The molecular weight excluding hydrogens is 394 g/mol. The highest BCUT2D eigenvalue weighted by Crippen LogP contribution is 2.12. The van der Waals surface area contributed by atoms with E-state index in [1.54, 1.807) is 6.08 Å². The summed E-state index contributed by atoms with van der Waals surface area (Å²) in [6.07, 6.45) is 20.6. The second kappa shape index (κ2) is 19.1. The number of hydrogen-bond donors (Lipinski definition) is 2. The third-order valence-electron chi connectivity index (χ3n) is 4.94. The van der Waals surface area contributed by atoms with Crippen LogP contribution in [0.3, 0.4) is 0 Å². The molecule has 0 fully saturated rings. The summed E-state index contributed by atoms with van der Waals surface area (Å²) in [5.41, 5.74) is 0. The quantitative estimate of drug-likeness (QED) is 0.0928. The summed E-state index contributed by atoms with van der Waals surface area (Å²) >= 11 is 0. The average Bonchev–Trinajstić information content (AvgIpc) is 2.65. The maximum Gasteiger partial charge on any atom is 0.331 e. The van der Waals surface area contributed by atoms with Gasteiger partial charge in [0.15, 0.2) is 6.10 Å². The molecule has 0 bridgehead atoms. The Kier molecular flexibility index (Phi) is 18.0. The van der Waals surface area contributed by atoms with Crippen LogP contribution in [-0.4, -0.2) is 67.0 Å². The van der Waals surface area contributed by atoms with Crippen LogP contribution in [0.25, 0.3) is 0 Å². The van der Waals surface area contributed by atoms with Crippen molar-refractivity contribution in [2.24, 2.45) is 0 Å². The number of carbonyl (C=O) groups is 2. The smallest absolute Gasteiger partial charge is 0.331 e. The van der Waals surface area contributed by atoms with Crippen LogP contribution in [0.2, 0.25) is 0 Å². The fourth-order valence-corrected chi connectivity index (χ4v) is 3.43. The van der Waals surface area contributed by atoms with Gasteiger partial charge in [0.1, 0.15) is 6.54 Å². The third kappa shape index (κ3) is 22.8. The number of aliphatic carboxylic acids is 1. The number of rotatable bonds is 20. The fourth-order valence-electron chi connectivity index (χ4n) is 3.43. The molecule has 6 heteroatoms. The van der Waals surface area contributed by atoms with Crippen LogP contribution in [0.15, 0.2) is 24.3 Å². The number of carbonyl (C=O) groups excluding carboxylic acids is 1. The molecule has 0 aromatic carbocycles. The number of hydrogen-bond acceptors (Lipinski definition) is 4. The fraction of sp³-hybridized carbons (Fsp3) is 0.760. The van der Waals surface area contributed by atoms with E-state index in [4.69, 9.17) is 14.9 Å². The summed E-state index contributed by atoms with van der Waals surface area (Å²) < 4.78 is 5.82. The molecule has 180 valence electrons. The maximum absolute atomic E-state index is 11.9. The first-order valence-electron chi connectivity index (χ1n) is 11.9. The molecule has 0 rings (SSSR count). The Balaban J connectivity index is 3.76. The Morgan fingerprint density at radius 1 is 0.839 bits per heavy atom. The van der Waals surface area contributed by atoms with Crippen LogP contribution in [0.4, 0.5) is 0 Å². The van der Waals surface area contributed by atoms with Gasteiger partial charge in [-0.15, -0.1) is 0 Å². The van der Waals surface area contributed by atoms with Gasteiger partial charge in [-0.25, -0.2) is 4.79 Å². The Morgan fingerprint density at radius 3 is 1.84 bits per heavy atom. The van der Waals surface area contributed by atoms with Crippen molar-refractivity contribution in [1.82, 2.24) is 0 Å². The number of nitrogens with zero attached hydrogens (tertiary/aromatic N) is 1. The number of unbranched alkanes of at least 4 members (excludes halogenated alkanes) is 11. The van der Waals surface area contributed by atoms with Crippen LogP contribution in [0.5, 0.6) is 0 Å². The van der Waals surface area contributed by atoms with Gasteiger partial charge in [-0.1, -0.05) is 76.0 Å². The van der Waals surface area contributed by atoms with E-state index in [0.29, 0.717) is 17.6 Å². The molecule has 1 atom stereocenters. The summed E-state index contributed by atoms with van der Waals surface area (Å²) in [4.78, 5) is 22.9. The van der Waals surface area contributed by atoms with Crippen molar-refractivity contribution in [3.63, 3.8) is 0 Å². The van der Waals surface area contributed by atoms with Crippen LogP contribution >= 0.6 is 0 Å². The van der Waals surface area contributed by atoms with Gasteiger partial charge in [0.25, 0.3) is 0 Å². The van der Waals surface area contributed by atoms with Crippen molar-refractivity contribution >= 4 is 11.9 Å². The SMILES string of the molecule is C[N+](C)(C)CC(CC(=O)O)OC(=O)C=CC=CCCCCCCCCCCCCCO. The molecule has 0 aliphatic rings. The Morgan fingerprint density at radius 2 is 1.35 bits per heavy atom. The minimum Gasteiger partial charge on any atom is -0.481 e. The van der Waals surface area contributed by atoms with Crippen molar-refractivity contribution in [3.8, 4) is 0 Å². The Hall–Kier alpha value is -1.66. The molecule has 0 heterocycles. The first kappa shape index (κ1) is 29.3. The molecule has 0 aliphatic heterocycles. The number of aliphatic hydroxyl groups excluding tert-OH is 1. The number of carboxylic acids is 1.